The van der Waals surface area contributed by atoms with Gasteiger partial charge in [0.05, 0.1) is 6.26 Å². The number of hydrogen-bond acceptors (Lipinski definition) is 4. The molecule has 0 saturated heterocycles. The third kappa shape index (κ3) is 6.04. The zero-order chi connectivity index (χ0) is 23.1. The lowest BCUT2D eigenvalue weighted by Crippen LogP contribution is -2.49. The van der Waals surface area contributed by atoms with E-state index in [9.17, 15) is 18.8 Å². The molecule has 0 spiro atoms. The topological polar surface area (TPSA) is 100 Å². The van der Waals surface area contributed by atoms with Crippen LogP contribution in [0.15, 0.2) is 71.3 Å². The molecule has 3 amide bonds. The Labute approximate surface area is 185 Å². The van der Waals surface area contributed by atoms with E-state index >= 15 is 0 Å². The van der Waals surface area contributed by atoms with Gasteiger partial charge in [-0.15, -0.1) is 0 Å². The molecular weight excluding hydrogens is 413 g/mol. The van der Waals surface area contributed by atoms with Crippen LogP contribution in [0.2, 0.25) is 0 Å². The summed E-state index contributed by atoms with van der Waals surface area (Å²) >= 11 is 0. The summed E-state index contributed by atoms with van der Waals surface area (Å²) in [5.74, 6) is -1.51. The zero-order valence-corrected chi connectivity index (χ0v) is 17.7. The van der Waals surface area contributed by atoms with Crippen molar-refractivity contribution in [1.29, 1.82) is 0 Å². The summed E-state index contributed by atoms with van der Waals surface area (Å²) in [6, 6.07) is 14.6. The number of anilines is 1. The van der Waals surface area contributed by atoms with E-state index in [-0.39, 0.29) is 35.6 Å². The predicted octanol–water partition coefficient (Wildman–Crippen LogP) is 3.74. The molecule has 3 N–H and O–H groups in total. The number of rotatable bonds is 8. The number of furan rings is 1. The quantitative estimate of drug-likeness (QED) is 0.500. The van der Waals surface area contributed by atoms with Gasteiger partial charge in [0.1, 0.15) is 11.9 Å². The fourth-order valence-electron chi connectivity index (χ4n) is 2.97. The SMILES string of the molecule is CC(C)C(NC(=O)c1ccc(F)cc1)C(=O)NCc1ccc(NC(=O)c2ccco2)cc1. The average molecular weight is 437 g/mol. The number of nitrogens with one attached hydrogen (secondary N) is 3. The molecular formula is C24H24FN3O4. The summed E-state index contributed by atoms with van der Waals surface area (Å²) in [4.78, 5) is 37.1. The summed E-state index contributed by atoms with van der Waals surface area (Å²) < 4.78 is 18.1. The van der Waals surface area contributed by atoms with E-state index in [1.165, 1.54) is 30.5 Å². The molecule has 0 aliphatic carbocycles. The second-order valence-corrected chi connectivity index (χ2v) is 7.55. The van der Waals surface area contributed by atoms with Crippen molar-refractivity contribution >= 4 is 23.4 Å². The Morgan fingerprint density at radius 2 is 1.62 bits per heavy atom. The Morgan fingerprint density at radius 1 is 0.938 bits per heavy atom. The molecule has 0 radical (unpaired) electrons. The monoisotopic (exact) mass is 437 g/mol. The maximum absolute atomic E-state index is 13.1. The van der Waals surface area contributed by atoms with Crippen molar-refractivity contribution in [3.05, 3.63) is 89.6 Å². The second kappa shape index (κ2) is 10.4. The van der Waals surface area contributed by atoms with Crippen molar-refractivity contribution in [2.45, 2.75) is 26.4 Å². The van der Waals surface area contributed by atoms with Crippen molar-refractivity contribution in [2.75, 3.05) is 5.32 Å². The molecule has 3 aromatic rings. The number of hydrogen-bond donors (Lipinski definition) is 3. The molecule has 0 aliphatic rings. The molecule has 0 saturated carbocycles. The molecule has 1 aromatic heterocycles. The van der Waals surface area contributed by atoms with E-state index in [0.717, 1.165) is 5.56 Å². The van der Waals surface area contributed by atoms with Crippen molar-refractivity contribution in [3.63, 3.8) is 0 Å². The molecule has 8 heteroatoms. The number of amides is 3. The van der Waals surface area contributed by atoms with Gasteiger partial charge in [0.25, 0.3) is 11.8 Å². The molecule has 2 aromatic carbocycles. The van der Waals surface area contributed by atoms with Crippen LogP contribution in [0.3, 0.4) is 0 Å². The summed E-state index contributed by atoms with van der Waals surface area (Å²) in [5.41, 5.74) is 1.69. The second-order valence-electron chi connectivity index (χ2n) is 7.55. The molecule has 1 heterocycles. The molecule has 32 heavy (non-hydrogen) atoms. The number of carbonyl (C=O) groups excluding carboxylic acids is 3. The maximum Gasteiger partial charge on any atom is 0.291 e. The lowest BCUT2D eigenvalue weighted by molar-refractivity contribution is -0.124. The van der Waals surface area contributed by atoms with Gasteiger partial charge in [0.15, 0.2) is 5.76 Å². The van der Waals surface area contributed by atoms with Crippen LogP contribution in [0.4, 0.5) is 10.1 Å². The van der Waals surface area contributed by atoms with Gasteiger partial charge in [0.2, 0.25) is 5.91 Å². The van der Waals surface area contributed by atoms with Crippen molar-refractivity contribution in [2.24, 2.45) is 5.92 Å². The van der Waals surface area contributed by atoms with Crippen LogP contribution in [-0.4, -0.2) is 23.8 Å². The molecule has 1 atom stereocenters. The predicted molar refractivity (Wildman–Crippen MR) is 117 cm³/mol. The number of halogens is 1. The minimum Gasteiger partial charge on any atom is -0.459 e. The van der Waals surface area contributed by atoms with Crippen LogP contribution in [0.25, 0.3) is 0 Å². The van der Waals surface area contributed by atoms with Crippen molar-refractivity contribution in [3.8, 4) is 0 Å². The number of benzene rings is 2. The third-order valence-corrected chi connectivity index (χ3v) is 4.77. The highest BCUT2D eigenvalue weighted by Gasteiger charge is 2.24. The first-order valence-corrected chi connectivity index (χ1v) is 10.1. The van der Waals surface area contributed by atoms with Crippen LogP contribution in [0.1, 0.15) is 40.3 Å². The van der Waals surface area contributed by atoms with Crippen LogP contribution in [-0.2, 0) is 11.3 Å². The Kier molecular flexibility index (Phi) is 7.38. The molecule has 3 rings (SSSR count). The Hall–Kier alpha value is -3.94. The molecule has 166 valence electrons. The van der Waals surface area contributed by atoms with E-state index in [2.05, 4.69) is 16.0 Å². The van der Waals surface area contributed by atoms with E-state index in [1.54, 1.807) is 36.4 Å². The van der Waals surface area contributed by atoms with E-state index in [1.807, 2.05) is 13.8 Å². The molecule has 0 aliphatic heterocycles. The zero-order valence-electron chi connectivity index (χ0n) is 17.7. The maximum atomic E-state index is 13.1. The number of carbonyl (C=O) groups is 3. The Morgan fingerprint density at radius 3 is 2.22 bits per heavy atom. The van der Waals surface area contributed by atoms with Crippen LogP contribution in [0.5, 0.6) is 0 Å². The highest BCUT2D eigenvalue weighted by atomic mass is 19.1. The summed E-state index contributed by atoms with van der Waals surface area (Å²) in [6.07, 6.45) is 1.42. The molecule has 1 unspecified atom stereocenters. The standard InChI is InChI=1S/C24H24FN3O4/c1-15(2)21(28-22(29)17-7-9-18(25)10-8-17)24(31)26-14-16-5-11-19(12-6-16)27-23(30)20-4-3-13-32-20/h3-13,15,21H,14H2,1-2H3,(H,26,31)(H,27,30)(H,28,29). The third-order valence-electron chi connectivity index (χ3n) is 4.77. The fraction of sp³-hybridized carbons (Fsp3) is 0.208. The van der Waals surface area contributed by atoms with E-state index in [4.69, 9.17) is 4.42 Å². The first-order valence-electron chi connectivity index (χ1n) is 10.1. The average Bonchev–Trinajstić information content (AvgIpc) is 3.32. The smallest absolute Gasteiger partial charge is 0.291 e. The lowest BCUT2D eigenvalue weighted by Gasteiger charge is -2.22. The van der Waals surface area contributed by atoms with Gasteiger partial charge >= 0.3 is 0 Å². The normalized spacial score (nSPS) is 11.6. The summed E-state index contributed by atoms with van der Waals surface area (Å²) in [5, 5.41) is 8.23. The first kappa shape index (κ1) is 22.7. The Balaban J connectivity index is 1.54. The highest BCUT2D eigenvalue weighted by Crippen LogP contribution is 2.12. The highest BCUT2D eigenvalue weighted by molar-refractivity contribution is 6.02. The minimum absolute atomic E-state index is 0.154. The minimum atomic E-state index is -0.751. The summed E-state index contributed by atoms with van der Waals surface area (Å²) in [6.45, 7) is 3.90. The summed E-state index contributed by atoms with van der Waals surface area (Å²) in [7, 11) is 0. The van der Waals surface area contributed by atoms with Gasteiger partial charge in [-0.2, -0.15) is 0 Å². The van der Waals surface area contributed by atoms with Gasteiger partial charge in [-0.1, -0.05) is 26.0 Å². The van der Waals surface area contributed by atoms with E-state index in [0.29, 0.717) is 5.69 Å². The fourth-order valence-corrected chi connectivity index (χ4v) is 2.97. The first-order chi connectivity index (χ1) is 15.3. The van der Waals surface area contributed by atoms with Crippen LogP contribution in [0, 0.1) is 11.7 Å². The van der Waals surface area contributed by atoms with Gasteiger partial charge in [-0.05, 0) is 60.0 Å². The van der Waals surface area contributed by atoms with E-state index < -0.39 is 17.8 Å². The van der Waals surface area contributed by atoms with Gasteiger partial charge in [-0.3, -0.25) is 14.4 Å². The van der Waals surface area contributed by atoms with Gasteiger partial charge < -0.3 is 20.4 Å². The van der Waals surface area contributed by atoms with Crippen molar-refractivity contribution < 1.29 is 23.2 Å². The Bertz CT molecular complexity index is 1060. The van der Waals surface area contributed by atoms with Crippen LogP contribution >= 0.6 is 0 Å². The molecule has 0 bridgehead atoms. The van der Waals surface area contributed by atoms with Crippen molar-refractivity contribution in [1.82, 2.24) is 10.6 Å². The molecule has 0 fully saturated rings. The van der Waals surface area contributed by atoms with Crippen LogP contribution < -0.4 is 16.0 Å². The largest absolute Gasteiger partial charge is 0.459 e. The lowest BCUT2D eigenvalue weighted by atomic mass is 10.0. The molecule has 7 nitrogen and oxygen atoms in total. The van der Waals surface area contributed by atoms with Gasteiger partial charge in [-0.25, -0.2) is 4.39 Å². The van der Waals surface area contributed by atoms with Gasteiger partial charge in [0, 0.05) is 17.8 Å².